The Hall–Kier alpha value is -1.62. The van der Waals surface area contributed by atoms with Crippen molar-refractivity contribution in [2.24, 2.45) is 0 Å². The first-order chi connectivity index (χ1) is 8.38. The lowest BCUT2D eigenvalue weighted by Gasteiger charge is -2.18. The Morgan fingerprint density at radius 1 is 1.50 bits per heavy atom. The summed E-state index contributed by atoms with van der Waals surface area (Å²) < 4.78 is 13.0. The fourth-order valence-corrected chi connectivity index (χ4v) is 1.64. The zero-order valence-electron chi connectivity index (χ0n) is 10.9. The zero-order valence-corrected chi connectivity index (χ0v) is 10.9. The molecule has 2 N–H and O–H groups in total. The van der Waals surface area contributed by atoms with Gasteiger partial charge in [0.05, 0.1) is 6.54 Å². The quantitative estimate of drug-likeness (QED) is 0.837. The lowest BCUT2D eigenvalue weighted by atomic mass is 10.2. The van der Waals surface area contributed by atoms with E-state index >= 15 is 0 Å². The summed E-state index contributed by atoms with van der Waals surface area (Å²) in [7, 11) is 1.74. The van der Waals surface area contributed by atoms with Crippen LogP contribution in [0, 0.1) is 5.82 Å². The summed E-state index contributed by atoms with van der Waals surface area (Å²) in [5.74, 6) is -0.459. The predicted molar refractivity (Wildman–Crippen MR) is 67.7 cm³/mol. The molecule has 0 atom stereocenters. The van der Waals surface area contributed by atoms with Gasteiger partial charge in [0.1, 0.15) is 11.6 Å². The number of likely N-dealkylation sites (N-methyl/N-ethyl adjacent to an activating group) is 1. The van der Waals surface area contributed by atoms with E-state index in [4.69, 9.17) is 0 Å². The molecule has 0 bridgehead atoms. The van der Waals surface area contributed by atoms with E-state index in [0.29, 0.717) is 12.1 Å². The van der Waals surface area contributed by atoms with Crippen LogP contribution < -0.4 is 5.32 Å². The van der Waals surface area contributed by atoms with Crippen LogP contribution in [-0.2, 0) is 11.3 Å². The van der Waals surface area contributed by atoms with Crippen LogP contribution in [0.5, 0.6) is 5.75 Å². The molecule has 0 heterocycles. The average Bonchev–Trinajstić information content (AvgIpc) is 2.21. The summed E-state index contributed by atoms with van der Waals surface area (Å²) >= 11 is 0. The van der Waals surface area contributed by atoms with Crippen molar-refractivity contribution in [1.29, 1.82) is 0 Å². The van der Waals surface area contributed by atoms with Gasteiger partial charge in [-0.25, -0.2) is 4.39 Å². The van der Waals surface area contributed by atoms with Crippen molar-refractivity contribution in [3.8, 4) is 5.75 Å². The molecule has 0 saturated carbocycles. The van der Waals surface area contributed by atoms with Crippen LogP contribution in [0.4, 0.5) is 4.39 Å². The van der Waals surface area contributed by atoms with Crippen LogP contribution >= 0.6 is 0 Å². The number of hydrogen-bond acceptors (Lipinski definition) is 3. The van der Waals surface area contributed by atoms with E-state index in [9.17, 15) is 14.3 Å². The minimum atomic E-state index is -0.400. The molecule has 1 rings (SSSR count). The number of aromatic hydroxyl groups is 1. The Morgan fingerprint density at radius 3 is 2.78 bits per heavy atom. The molecule has 0 aliphatic heterocycles. The number of benzene rings is 1. The molecule has 0 saturated heterocycles. The van der Waals surface area contributed by atoms with Gasteiger partial charge >= 0.3 is 0 Å². The van der Waals surface area contributed by atoms with Crippen molar-refractivity contribution in [2.75, 3.05) is 13.6 Å². The van der Waals surface area contributed by atoms with Crippen LogP contribution in [0.25, 0.3) is 0 Å². The number of nitrogens with one attached hydrogen (secondary N) is 1. The number of nitrogens with zero attached hydrogens (tertiary/aromatic N) is 1. The standard InChI is InChI=1S/C13H19FN2O2/c1-9(2)15-13(18)8-16(3)7-10-6-11(14)4-5-12(10)17/h4-6,9,17H,7-8H2,1-3H3,(H,15,18). The van der Waals surface area contributed by atoms with E-state index in [-0.39, 0.29) is 24.2 Å². The molecule has 100 valence electrons. The first-order valence-corrected chi connectivity index (χ1v) is 5.83. The molecule has 5 heteroatoms. The summed E-state index contributed by atoms with van der Waals surface area (Å²) in [5, 5.41) is 12.3. The van der Waals surface area contributed by atoms with Crippen molar-refractivity contribution in [2.45, 2.75) is 26.4 Å². The molecule has 0 aliphatic rings. The third kappa shape index (κ3) is 4.71. The fraction of sp³-hybridized carbons (Fsp3) is 0.462. The third-order valence-corrected chi connectivity index (χ3v) is 2.34. The molecule has 1 aromatic rings. The lowest BCUT2D eigenvalue weighted by molar-refractivity contribution is -0.122. The van der Waals surface area contributed by atoms with E-state index in [0.717, 1.165) is 0 Å². The van der Waals surface area contributed by atoms with Crippen molar-refractivity contribution in [1.82, 2.24) is 10.2 Å². The molecule has 0 aliphatic carbocycles. The van der Waals surface area contributed by atoms with E-state index in [1.165, 1.54) is 18.2 Å². The summed E-state index contributed by atoms with van der Waals surface area (Å²) in [6.07, 6.45) is 0. The van der Waals surface area contributed by atoms with Gasteiger partial charge in [0, 0.05) is 18.2 Å². The summed E-state index contributed by atoms with van der Waals surface area (Å²) in [6, 6.07) is 3.87. The highest BCUT2D eigenvalue weighted by Gasteiger charge is 2.10. The largest absolute Gasteiger partial charge is 0.508 e. The van der Waals surface area contributed by atoms with Gasteiger partial charge in [-0.1, -0.05) is 0 Å². The first-order valence-electron chi connectivity index (χ1n) is 5.83. The molecule has 0 spiro atoms. The Balaban J connectivity index is 2.56. The number of phenolic OH excluding ortho intramolecular Hbond substituents is 1. The van der Waals surface area contributed by atoms with Crippen molar-refractivity contribution in [3.63, 3.8) is 0 Å². The summed E-state index contributed by atoms with van der Waals surface area (Å²) in [5.41, 5.74) is 0.467. The SMILES string of the molecule is CC(C)NC(=O)CN(C)Cc1cc(F)ccc1O. The van der Waals surface area contributed by atoms with E-state index in [1.54, 1.807) is 11.9 Å². The topological polar surface area (TPSA) is 52.6 Å². The Bertz CT molecular complexity index is 421. The fourth-order valence-electron chi connectivity index (χ4n) is 1.64. The number of rotatable bonds is 5. The lowest BCUT2D eigenvalue weighted by Crippen LogP contribution is -2.38. The maximum atomic E-state index is 13.0. The average molecular weight is 254 g/mol. The van der Waals surface area contributed by atoms with Crippen LogP contribution in [0.15, 0.2) is 18.2 Å². The number of carbonyl (C=O) groups excluding carboxylic acids is 1. The molecular weight excluding hydrogens is 235 g/mol. The molecule has 18 heavy (non-hydrogen) atoms. The number of phenols is 1. The van der Waals surface area contributed by atoms with Crippen LogP contribution in [0.2, 0.25) is 0 Å². The van der Waals surface area contributed by atoms with Crippen molar-refractivity contribution < 1.29 is 14.3 Å². The van der Waals surface area contributed by atoms with Gasteiger partial charge in [-0.2, -0.15) is 0 Å². The first kappa shape index (κ1) is 14.4. The summed E-state index contributed by atoms with van der Waals surface area (Å²) in [6.45, 7) is 4.29. The molecule has 0 aromatic heterocycles. The van der Waals surface area contributed by atoms with Gasteiger partial charge in [-0.15, -0.1) is 0 Å². The number of halogens is 1. The molecule has 0 unspecified atom stereocenters. The van der Waals surface area contributed by atoms with E-state index in [1.807, 2.05) is 13.8 Å². The van der Waals surface area contributed by atoms with Gasteiger partial charge in [0.15, 0.2) is 0 Å². The Kier molecular flexibility index (Phi) is 5.09. The van der Waals surface area contributed by atoms with Crippen LogP contribution in [0.1, 0.15) is 19.4 Å². The number of carbonyl (C=O) groups is 1. The molecular formula is C13H19FN2O2. The van der Waals surface area contributed by atoms with E-state index in [2.05, 4.69) is 5.32 Å². The van der Waals surface area contributed by atoms with Crippen molar-refractivity contribution in [3.05, 3.63) is 29.6 Å². The second-order valence-electron chi connectivity index (χ2n) is 4.67. The smallest absolute Gasteiger partial charge is 0.234 e. The highest BCUT2D eigenvalue weighted by Crippen LogP contribution is 2.19. The maximum absolute atomic E-state index is 13.0. The number of amides is 1. The monoisotopic (exact) mass is 254 g/mol. The molecule has 4 nitrogen and oxygen atoms in total. The van der Waals surface area contributed by atoms with Crippen LogP contribution in [0.3, 0.4) is 0 Å². The van der Waals surface area contributed by atoms with Gasteiger partial charge in [0.25, 0.3) is 0 Å². The minimum absolute atomic E-state index is 0.0347. The second-order valence-corrected chi connectivity index (χ2v) is 4.67. The molecule has 0 fully saturated rings. The molecule has 0 radical (unpaired) electrons. The van der Waals surface area contributed by atoms with Gasteiger partial charge in [-0.05, 0) is 39.1 Å². The third-order valence-electron chi connectivity index (χ3n) is 2.34. The second kappa shape index (κ2) is 6.35. The minimum Gasteiger partial charge on any atom is -0.508 e. The zero-order chi connectivity index (χ0) is 13.7. The normalized spacial score (nSPS) is 11.0. The predicted octanol–water partition coefficient (Wildman–Crippen LogP) is 1.49. The summed E-state index contributed by atoms with van der Waals surface area (Å²) in [4.78, 5) is 13.2. The van der Waals surface area contributed by atoms with Gasteiger partial charge in [-0.3, -0.25) is 9.69 Å². The Morgan fingerprint density at radius 2 is 2.17 bits per heavy atom. The highest BCUT2D eigenvalue weighted by molar-refractivity contribution is 5.78. The molecule has 1 amide bonds. The Labute approximate surface area is 106 Å². The van der Waals surface area contributed by atoms with Gasteiger partial charge in [0.2, 0.25) is 5.91 Å². The van der Waals surface area contributed by atoms with Crippen molar-refractivity contribution >= 4 is 5.91 Å². The van der Waals surface area contributed by atoms with E-state index < -0.39 is 5.82 Å². The van der Waals surface area contributed by atoms with Crippen LogP contribution in [-0.4, -0.2) is 35.5 Å². The van der Waals surface area contributed by atoms with Gasteiger partial charge < -0.3 is 10.4 Å². The highest BCUT2D eigenvalue weighted by atomic mass is 19.1. The maximum Gasteiger partial charge on any atom is 0.234 e. The molecule has 1 aromatic carbocycles. The number of hydrogen-bond donors (Lipinski definition) is 2.